The summed E-state index contributed by atoms with van der Waals surface area (Å²) >= 11 is 0. The van der Waals surface area contributed by atoms with Crippen LogP contribution in [0.5, 0.6) is 0 Å². The van der Waals surface area contributed by atoms with Gasteiger partial charge in [-0.3, -0.25) is 4.98 Å². The normalized spacial score (nSPS) is 10.3. The first-order chi connectivity index (χ1) is 11.2. The van der Waals surface area contributed by atoms with Crippen LogP contribution in [0.25, 0.3) is 11.4 Å². The Bertz CT molecular complexity index is 792. The van der Waals surface area contributed by atoms with E-state index in [9.17, 15) is 4.39 Å². The van der Waals surface area contributed by atoms with Crippen LogP contribution in [0.3, 0.4) is 0 Å². The van der Waals surface area contributed by atoms with Crippen LogP contribution in [0.1, 0.15) is 5.56 Å². The molecule has 2 heterocycles. The van der Waals surface area contributed by atoms with E-state index in [1.54, 1.807) is 19.3 Å². The van der Waals surface area contributed by atoms with Crippen molar-refractivity contribution in [3.63, 3.8) is 0 Å². The first-order valence-corrected chi connectivity index (χ1v) is 7.21. The van der Waals surface area contributed by atoms with E-state index in [0.717, 1.165) is 11.3 Å². The van der Waals surface area contributed by atoms with Crippen molar-refractivity contribution in [2.75, 3.05) is 17.7 Å². The van der Waals surface area contributed by atoms with Crippen LogP contribution in [-0.4, -0.2) is 22.0 Å². The zero-order valence-electron chi connectivity index (χ0n) is 12.6. The molecule has 5 nitrogen and oxygen atoms in total. The fraction of sp³-hybridized carbons (Fsp3) is 0.118. The van der Waals surface area contributed by atoms with Crippen molar-refractivity contribution in [1.29, 1.82) is 0 Å². The Morgan fingerprint density at radius 2 is 1.91 bits per heavy atom. The van der Waals surface area contributed by atoms with E-state index in [-0.39, 0.29) is 5.82 Å². The number of halogens is 1. The van der Waals surface area contributed by atoms with Crippen LogP contribution < -0.4 is 10.6 Å². The third-order valence-electron chi connectivity index (χ3n) is 3.24. The molecule has 3 aromatic rings. The topological polar surface area (TPSA) is 62.7 Å². The van der Waals surface area contributed by atoms with Crippen LogP contribution in [-0.2, 0) is 6.54 Å². The molecule has 0 fully saturated rings. The van der Waals surface area contributed by atoms with Crippen molar-refractivity contribution < 1.29 is 4.39 Å². The molecule has 23 heavy (non-hydrogen) atoms. The van der Waals surface area contributed by atoms with Gasteiger partial charge in [0.05, 0.1) is 11.4 Å². The summed E-state index contributed by atoms with van der Waals surface area (Å²) in [7, 11) is 1.76. The second-order valence-corrected chi connectivity index (χ2v) is 4.91. The Morgan fingerprint density at radius 3 is 2.65 bits per heavy atom. The molecule has 0 aliphatic carbocycles. The highest BCUT2D eigenvalue weighted by atomic mass is 19.1. The van der Waals surface area contributed by atoms with Crippen LogP contribution in [0.15, 0.2) is 54.7 Å². The molecule has 0 atom stereocenters. The average molecular weight is 309 g/mol. The van der Waals surface area contributed by atoms with Gasteiger partial charge in [-0.05, 0) is 29.8 Å². The van der Waals surface area contributed by atoms with Gasteiger partial charge in [-0.15, -0.1) is 0 Å². The number of nitrogens with one attached hydrogen (secondary N) is 2. The molecule has 0 radical (unpaired) electrons. The number of anilines is 2. The molecule has 0 saturated carbocycles. The van der Waals surface area contributed by atoms with Crippen molar-refractivity contribution in [2.24, 2.45) is 0 Å². The third kappa shape index (κ3) is 3.79. The first kappa shape index (κ1) is 14.9. The molecule has 0 saturated heterocycles. The summed E-state index contributed by atoms with van der Waals surface area (Å²) in [6.45, 7) is 0.472. The third-order valence-corrected chi connectivity index (χ3v) is 3.24. The molecule has 0 aliphatic heterocycles. The zero-order valence-corrected chi connectivity index (χ0v) is 12.6. The smallest absolute Gasteiger partial charge is 0.224 e. The van der Waals surface area contributed by atoms with Gasteiger partial charge >= 0.3 is 0 Å². The van der Waals surface area contributed by atoms with Crippen molar-refractivity contribution in [2.45, 2.75) is 6.54 Å². The average Bonchev–Trinajstić information content (AvgIpc) is 2.60. The van der Waals surface area contributed by atoms with Crippen molar-refractivity contribution in [1.82, 2.24) is 15.0 Å². The second kappa shape index (κ2) is 6.83. The zero-order chi connectivity index (χ0) is 16.1. The van der Waals surface area contributed by atoms with E-state index in [0.29, 0.717) is 24.0 Å². The lowest BCUT2D eigenvalue weighted by atomic mass is 10.2. The Labute approximate surface area is 133 Å². The fourth-order valence-electron chi connectivity index (χ4n) is 2.13. The quantitative estimate of drug-likeness (QED) is 0.757. The minimum atomic E-state index is -0.253. The lowest BCUT2D eigenvalue weighted by Gasteiger charge is -2.10. The first-order valence-electron chi connectivity index (χ1n) is 7.21. The van der Waals surface area contributed by atoms with Gasteiger partial charge in [0.2, 0.25) is 5.95 Å². The summed E-state index contributed by atoms with van der Waals surface area (Å²) < 4.78 is 13.2. The summed E-state index contributed by atoms with van der Waals surface area (Å²) in [6, 6.07) is 13.9. The highest BCUT2D eigenvalue weighted by Gasteiger charge is 2.07. The number of nitrogens with zero attached hydrogens (tertiary/aromatic N) is 3. The maximum absolute atomic E-state index is 13.2. The molecular weight excluding hydrogens is 293 g/mol. The van der Waals surface area contributed by atoms with Gasteiger partial charge in [-0.1, -0.05) is 18.2 Å². The Hall–Kier alpha value is -3.02. The molecule has 2 N–H and O–H groups in total. The summed E-state index contributed by atoms with van der Waals surface area (Å²) in [6.07, 6.45) is 1.72. The van der Waals surface area contributed by atoms with E-state index >= 15 is 0 Å². The van der Waals surface area contributed by atoms with Crippen LogP contribution in [0.4, 0.5) is 16.2 Å². The van der Waals surface area contributed by atoms with Gasteiger partial charge in [-0.25, -0.2) is 9.37 Å². The number of hydrogen-bond donors (Lipinski definition) is 2. The number of benzene rings is 1. The fourth-order valence-corrected chi connectivity index (χ4v) is 2.13. The van der Waals surface area contributed by atoms with Crippen molar-refractivity contribution in [3.8, 4) is 11.4 Å². The molecular formula is C17H16FN5. The molecule has 0 amide bonds. The van der Waals surface area contributed by atoms with E-state index in [1.807, 2.05) is 30.3 Å². The maximum atomic E-state index is 13.2. The number of pyridine rings is 1. The van der Waals surface area contributed by atoms with Crippen LogP contribution in [0.2, 0.25) is 0 Å². The Morgan fingerprint density at radius 1 is 1.00 bits per heavy atom. The van der Waals surface area contributed by atoms with E-state index < -0.39 is 0 Å². The maximum Gasteiger partial charge on any atom is 0.224 e. The monoisotopic (exact) mass is 309 g/mol. The Kier molecular flexibility index (Phi) is 4.42. The van der Waals surface area contributed by atoms with Crippen molar-refractivity contribution in [3.05, 3.63) is 66.1 Å². The molecule has 116 valence electrons. The van der Waals surface area contributed by atoms with E-state index in [4.69, 9.17) is 0 Å². The summed E-state index contributed by atoms with van der Waals surface area (Å²) in [5.74, 6) is 0.890. The lowest BCUT2D eigenvalue weighted by Crippen LogP contribution is -2.06. The number of rotatable bonds is 5. The summed E-state index contributed by atoms with van der Waals surface area (Å²) in [4.78, 5) is 13.1. The number of aromatic nitrogens is 3. The molecule has 0 unspecified atom stereocenters. The van der Waals surface area contributed by atoms with Gasteiger partial charge < -0.3 is 10.6 Å². The lowest BCUT2D eigenvalue weighted by molar-refractivity contribution is 0.626. The molecule has 0 aliphatic rings. The molecule has 0 spiro atoms. The summed E-state index contributed by atoms with van der Waals surface area (Å²) in [5, 5.41) is 6.12. The van der Waals surface area contributed by atoms with Crippen LogP contribution in [0, 0.1) is 5.82 Å². The van der Waals surface area contributed by atoms with Gasteiger partial charge in [0.15, 0.2) is 0 Å². The van der Waals surface area contributed by atoms with Gasteiger partial charge in [0.1, 0.15) is 11.6 Å². The molecule has 1 aromatic carbocycles. The van der Waals surface area contributed by atoms with E-state index in [2.05, 4.69) is 25.6 Å². The Balaban J connectivity index is 1.84. The summed E-state index contributed by atoms with van der Waals surface area (Å²) in [5.41, 5.74) is 2.32. The highest BCUT2D eigenvalue weighted by molar-refractivity contribution is 5.60. The SMILES string of the molecule is CNc1nc(NCc2cccc(F)c2)cc(-c2ccccn2)n1. The van der Waals surface area contributed by atoms with Gasteiger partial charge in [0, 0.05) is 25.9 Å². The van der Waals surface area contributed by atoms with Gasteiger partial charge in [0.25, 0.3) is 0 Å². The van der Waals surface area contributed by atoms with Crippen molar-refractivity contribution >= 4 is 11.8 Å². The molecule has 2 aromatic heterocycles. The second-order valence-electron chi connectivity index (χ2n) is 4.91. The predicted octanol–water partition coefficient (Wildman–Crippen LogP) is 3.33. The standard InChI is InChI=1S/C17H16FN5/c1-19-17-22-15(14-7-2-3-8-20-14)10-16(23-17)21-11-12-5-4-6-13(18)9-12/h2-10H,11H2,1H3,(H2,19,21,22,23). The minimum absolute atomic E-state index is 0.253. The van der Waals surface area contributed by atoms with Gasteiger partial charge in [-0.2, -0.15) is 4.98 Å². The predicted molar refractivity (Wildman–Crippen MR) is 88.5 cm³/mol. The molecule has 6 heteroatoms. The minimum Gasteiger partial charge on any atom is -0.366 e. The molecule has 3 rings (SSSR count). The molecule has 0 bridgehead atoms. The van der Waals surface area contributed by atoms with E-state index in [1.165, 1.54) is 12.1 Å². The number of hydrogen-bond acceptors (Lipinski definition) is 5. The van der Waals surface area contributed by atoms with Crippen LogP contribution >= 0.6 is 0 Å². The largest absolute Gasteiger partial charge is 0.366 e. The highest BCUT2D eigenvalue weighted by Crippen LogP contribution is 2.19.